The second-order valence-corrected chi connectivity index (χ2v) is 8.28. The van der Waals surface area contributed by atoms with E-state index >= 15 is 0 Å². The monoisotopic (exact) mass is 353 g/mol. The van der Waals surface area contributed by atoms with E-state index in [1.165, 1.54) is 0 Å². The van der Waals surface area contributed by atoms with Gasteiger partial charge in [-0.15, -0.1) is 0 Å². The van der Waals surface area contributed by atoms with Gasteiger partial charge in [-0.2, -0.15) is 4.58 Å². The summed E-state index contributed by atoms with van der Waals surface area (Å²) >= 11 is 0. The van der Waals surface area contributed by atoms with Crippen LogP contribution in [0.1, 0.15) is 44.7 Å². The molecule has 0 amide bonds. The summed E-state index contributed by atoms with van der Waals surface area (Å²) < 4.78 is 34.2. The maximum absolute atomic E-state index is 10.9. The molecule has 0 radical (unpaired) electrons. The highest BCUT2D eigenvalue weighted by Gasteiger charge is 2.42. The standard InChI is InChI=1S/C17H23NO5S/c1-12-17(2,3)14-10-13(11-16(19)20)6-7-15(14)18(12)8-4-5-9-24(21,22)23/h6-7,10H,4-5,8-9,11H2,1-3H3,(H-,19,20,21,22,23). The molecule has 132 valence electrons. The van der Waals surface area contributed by atoms with Crippen LogP contribution in [0.3, 0.4) is 0 Å². The van der Waals surface area contributed by atoms with Crippen LogP contribution in [0.25, 0.3) is 0 Å². The minimum absolute atomic E-state index is 0.0102. The average molecular weight is 353 g/mol. The Hall–Kier alpha value is -1.73. The molecule has 0 saturated heterocycles. The highest BCUT2D eigenvalue weighted by atomic mass is 32.2. The number of carboxylic acid groups (broad SMARTS) is 1. The number of nitrogens with zero attached hydrogens (tertiary/aromatic N) is 1. The van der Waals surface area contributed by atoms with Crippen LogP contribution in [0.15, 0.2) is 18.2 Å². The Morgan fingerprint density at radius 3 is 2.54 bits per heavy atom. The Kier molecular flexibility index (Phi) is 5.15. The molecule has 1 aromatic rings. The minimum atomic E-state index is -4.16. The number of unbranched alkanes of at least 4 members (excludes halogenated alkanes) is 1. The predicted molar refractivity (Wildman–Crippen MR) is 90.1 cm³/mol. The van der Waals surface area contributed by atoms with E-state index in [-0.39, 0.29) is 17.6 Å². The molecule has 0 unspecified atom stereocenters. The van der Waals surface area contributed by atoms with Gasteiger partial charge in [-0.05, 0) is 31.9 Å². The first-order chi connectivity index (χ1) is 11.0. The molecule has 1 heterocycles. The van der Waals surface area contributed by atoms with Crippen molar-refractivity contribution in [1.82, 2.24) is 0 Å². The fourth-order valence-electron chi connectivity index (χ4n) is 3.15. The molecule has 0 aromatic heterocycles. The maximum atomic E-state index is 10.9. The number of fused-ring (bicyclic) bond motifs is 1. The van der Waals surface area contributed by atoms with Gasteiger partial charge in [0.2, 0.25) is 5.69 Å². The van der Waals surface area contributed by atoms with E-state index in [4.69, 9.17) is 5.11 Å². The number of hydrogen-bond donors (Lipinski definition) is 1. The van der Waals surface area contributed by atoms with Crippen LogP contribution in [0.5, 0.6) is 0 Å². The fourth-order valence-corrected chi connectivity index (χ4v) is 3.71. The molecule has 0 fully saturated rings. The van der Waals surface area contributed by atoms with Crippen molar-refractivity contribution >= 4 is 27.5 Å². The number of rotatable bonds is 7. The van der Waals surface area contributed by atoms with Crippen molar-refractivity contribution in [3.8, 4) is 0 Å². The van der Waals surface area contributed by atoms with E-state index in [0.717, 1.165) is 22.5 Å². The Morgan fingerprint density at radius 2 is 1.96 bits per heavy atom. The van der Waals surface area contributed by atoms with Gasteiger partial charge in [-0.3, -0.25) is 4.79 Å². The lowest BCUT2D eigenvalue weighted by molar-refractivity contribution is -0.439. The van der Waals surface area contributed by atoms with Gasteiger partial charge in [0.15, 0.2) is 5.71 Å². The first kappa shape index (κ1) is 18.6. The van der Waals surface area contributed by atoms with Crippen molar-refractivity contribution in [2.45, 2.75) is 45.4 Å². The van der Waals surface area contributed by atoms with E-state index in [9.17, 15) is 17.8 Å². The Morgan fingerprint density at radius 1 is 1.29 bits per heavy atom. The van der Waals surface area contributed by atoms with Crippen LogP contribution in [0.4, 0.5) is 5.69 Å². The number of hydrogen-bond acceptors (Lipinski definition) is 4. The van der Waals surface area contributed by atoms with Crippen LogP contribution < -0.4 is 0 Å². The summed E-state index contributed by atoms with van der Waals surface area (Å²) in [7, 11) is -4.16. The van der Waals surface area contributed by atoms with Crippen molar-refractivity contribution in [3.05, 3.63) is 29.3 Å². The average Bonchev–Trinajstić information content (AvgIpc) is 2.62. The normalized spacial score (nSPS) is 16.3. The second-order valence-electron chi connectivity index (χ2n) is 6.75. The van der Waals surface area contributed by atoms with Gasteiger partial charge in [0.25, 0.3) is 0 Å². The SMILES string of the molecule is CC1=[N+](CCCCS(=O)(=O)[O-])c2ccc(CC(=O)O)cc2C1(C)C. The van der Waals surface area contributed by atoms with Crippen molar-refractivity contribution in [1.29, 1.82) is 0 Å². The summed E-state index contributed by atoms with van der Waals surface area (Å²) in [6, 6.07) is 5.68. The second kappa shape index (κ2) is 6.64. The smallest absolute Gasteiger partial charge is 0.307 e. The lowest BCUT2D eigenvalue weighted by Gasteiger charge is -2.15. The van der Waals surface area contributed by atoms with Crippen LogP contribution in [0.2, 0.25) is 0 Å². The Balaban J connectivity index is 2.22. The summed E-state index contributed by atoms with van der Waals surface area (Å²) in [4.78, 5) is 10.9. The van der Waals surface area contributed by atoms with Gasteiger partial charge in [-0.1, -0.05) is 6.07 Å². The minimum Gasteiger partial charge on any atom is -0.748 e. The summed E-state index contributed by atoms with van der Waals surface area (Å²) in [6.45, 7) is 6.85. The molecule has 0 spiro atoms. The van der Waals surface area contributed by atoms with E-state index in [1.807, 2.05) is 25.1 Å². The van der Waals surface area contributed by atoms with Gasteiger partial charge < -0.3 is 9.66 Å². The van der Waals surface area contributed by atoms with E-state index in [2.05, 4.69) is 18.4 Å². The van der Waals surface area contributed by atoms with E-state index in [0.29, 0.717) is 19.4 Å². The molecule has 24 heavy (non-hydrogen) atoms. The molecule has 6 nitrogen and oxygen atoms in total. The molecule has 1 aliphatic heterocycles. The van der Waals surface area contributed by atoms with Crippen molar-refractivity contribution in [3.63, 3.8) is 0 Å². The molecular weight excluding hydrogens is 330 g/mol. The summed E-state index contributed by atoms with van der Waals surface area (Å²) in [5, 5.41) is 8.97. The van der Waals surface area contributed by atoms with Crippen molar-refractivity contribution in [2.24, 2.45) is 0 Å². The quantitative estimate of drug-likeness (QED) is 0.459. The van der Waals surface area contributed by atoms with Crippen LogP contribution >= 0.6 is 0 Å². The molecular formula is C17H23NO5S. The van der Waals surface area contributed by atoms with Gasteiger partial charge >= 0.3 is 5.97 Å². The zero-order valence-corrected chi connectivity index (χ0v) is 15.0. The molecule has 2 rings (SSSR count). The lowest BCUT2D eigenvalue weighted by Crippen LogP contribution is -2.27. The Labute approximate surface area is 142 Å². The molecule has 1 N–H and O–H groups in total. The van der Waals surface area contributed by atoms with Gasteiger partial charge in [0, 0.05) is 30.7 Å². The van der Waals surface area contributed by atoms with Crippen LogP contribution in [-0.2, 0) is 26.7 Å². The summed E-state index contributed by atoms with van der Waals surface area (Å²) in [6.07, 6.45) is 0.928. The predicted octanol–water partition coefficient (Wildman–Crippen LogP) is 2.04. The topological polar surface area (TPSA) is 97.5 Å². The molecule has 0 bridgehead atoms. The fraction of sp³-hybridized carbons (Fsp3) is 0.529. The van der Waals surface area contributed by atoms with E-state index < -0.39 is 16.1 Å². The van der Waals surface area contributed by atoms with Crippen molar-refractivity contribution in [2.75, 3.05) is 12.3 Å². The molecule has 0 aliphatic carbocycles. The lowest BCUT2D eigenvalue weighted by atomic mass is 9.81. The summed E-state index contributed by atoms with van der Waals surface area (Å²) in [5.41, 5.74) is 3.79. The third kappa shape index (κ3) is 4.02. The number of aliphatic carboxylic acids is 1. The summed E-state index contributed by atoms with van der Waals surface area (Å²) in [5.74, 6) is -1.20. The first-order valence-corrected chi connectivity index (χ1v) is 9.50. The third-order valence-corrected chi connectivity index (χ3v) is 5.50. The van der Waals surface area contributed by atoms with Gasteiger partial charge in [0.05, 0.1) is 22.0 Å². The Bertz CT molecular complexity index is 793. The largest absolute Gasteiger partial charge is 0.748 e. The highest BCUT2D eigenvalue weighted by molar-refractivity contribution is 7.85. The molecule has 1 aliphatic rings. The number of benzene rings is 1. The van der Waals surface area contributed by atoms with Crippen LogP contribution in [-0.4, -0.2) is 46.6 Å². The molecule has 1 aromatic carbocycles. The molecule has 7 heteroatoms. The van der Waals surface area contributed by atoms with Gasteiger partial charge in [-0.25, -0.2) is 8.42 Å². The third-order valence-electron chi connectivity index (χ3n) is 4.72. The van der Waals surface area contributed by atoms with Crippen molar-refractivity contribution < 1.29 is 27.4 Å². The highest BCUT2D eigenvalue weighted by Crippen LogP contribution is 2.40. The number of carbonyl (C=O) groups is 1. The number of carboxylic acids is 1. The molecule has 0 atom stereocenters. The zero-order chi connectivity index (χ0) is 18.1. The zero-order valence-electron chi connectivity index (χ0n) is 14.2. The first-order valence-electron chi connectivity index (χ1n) is 7.92. The van der Waals surface area contributed by atoms with Gasteiger partial charge in [0.1, 0.15) is 6.54 Å². The van der Waals surface area contributed by atoms with Crippen LogP contribution in [0, 0.1) is 0 Å². The molecule has 0 saturated carbocycles. The van der Waals surface area contributed by atoms with E-state index in [1.54, 1.807) is 0 Å². The maximum Gasteiger partial charge on any atom is 0.307 e.